The molecule has 0 atom stereocenters. The normalized spacial score (nSPS) is 11.6. The molecule has 0 N–H and O–H groups in total. The van der Waals surface area contributed by atoms with Crippen molar-refractivity contribution in [2.75, 3.05) is 11.5 Å². The second-order valence-corrected chi connectivity index (χ2v) is 16.1. The molecule has 0 fully saturated rings. The summed E-state index contributed by atoms with van der Waals surface area (Å²) in [5.74, 6) is 2.41. The van der Waals surface area contributed by atoms with Crippen LogP contribution in [0.25, 0.3) is 0 Å². The molecule has 1 rings (SSSR count). The Hall–Kier alpha value is 0.260. The SMILES string of the molecule is CCCCCCCCCCCCCCCCCSc1nnc(SCCCCCCCCCCCCCCCCC)s1. The molecule has 0 aliphatic carbocycles. The molecular formula is C36H70N2S3. The van der Waals surface area contributed by atoms with Gasteiger partial charge in [-0.1, -0.05) is 228 Å². The number of hydrogen-bond acceptors (Lipinski definition) is 5. The van der Waals surface area contributed by atoms with Gasteiger partial charge in [0.25, 0.3) is 0 Å². The summed E-state index contributed by atoms with van der Waals surface area (Å²) < 4.78 is 2.35. The average molecular weight is 627 g/mol. The largest absolute Gasteiger partial charge is 0.175 e. The molecule has 242 valence electrons. The first-order valence-electron chi connectivity index (χ1n) is 18.5. The fraction of sp³-hybridized carbons (Fsp3) is 0.944. The van der Waals surface area contributed by atoms with Gasteiger partial charge in [0, 0.05) is 11.5 Å². The highest BCUT2D eigenvalue weighted by molar-refractivity contribution is 8.03. The van der Waals surface area contributed by atoms with Gasteiger partial charge >= 0.3 is 0 Å². The molecular weight excluding hydrogens is 557 g/mol. The van der Waals surface area contributed by atoms with Crippen molar-refractivity contribution >= 4 is 34.9 Å². The summed E-state index contributed by atoms with van der Waals surface area (Å²) in [6, 6.07) is 0. The van der Waals surface area contributed by atoms with Crippen LogP contribution < -0.4 is 0 Å². The van der Waals surface area contributed by atoms with Gasteiger partial charge in [-0.15, -0.1) is 10.2 Å². The van der Waals surface area contributed by atoms with E-state index >= 15 is 0 Å². The standard InChI is InChI=1S/C36H70N2S3/c1-3-5-7-9-11-13-15-17-19-21-23-25-27-29-31-33-39-35-37-38-36(41-35)40-34-32-30-28-26-24-22-20-18-16-14-12-10-8-6-4-2/h3-34H2,1-2H3. The number of hydrogen-bond donors (Lipinski definition) is 0. The summed E-state index contributed by atoms with van der Waals surface area (Å²) >= 11 is 5.66. The molecule has 5 heteroatoms. The van der Waals surface area contributed by atoms with E-state index in [2.05, 4.69) is 24.0 Å². The van der Waals surface area contributed by atoms with Crippen molar-refractivity contribution < 1.29 is 0 Å². The van der Waals surface area contributed by atoms with Crippen LogP contribution in [0.3, 0.4) is 0 Å². The molecule has 0 bridgehead atoms. The van der Waals surface area contributed by atoms with E-state index in [1.807, 2.05) is 34.9 Å². The van der Waals surface area contributed by atoms with Crippen LogP contribution in [0, 0.1) is 0 Å². The van der Waals surface area contributed by atoms with E-state index in [0.717, 1.165) is 0 Å². The Morgan fingerprint density at radius 1 is 0.341 bits per heavy atom. The summed E-state index contributed by atoms with van der Waals surface area (Å²) in [4.78, 5) is 0. The first-order valence-corrected chi connectivity index (χ1v) is 21.2. The number of aromatic nitrogens is 2. The topological polar surface area (TPSA) is 25.8 Å². The van der Waals surface area contributed by atoms with Crippen LogP contribution in [-0.4, -0.2) is 21.7 Å². The maximum absolute atomic E-state index is 4.43. The predicted octanol–water partition coefficient (Wildman–Crippen LogP) is 14.5. The van der Waals surface area contributed by atoms with Crippen LogP contribution >= 0.6 is 34.9 Å². The molecule has 41 heavy (non-hydrogen) atoms. The Balaban J connectivity index is 1.78. The fourth-order valence-corrected chi connectivity index (χ4v) is 8.74. The number of nitrogens with zero attached hydrogens (tertiary/aromatic N) is 2. The van der Waals surface area contributed by atoms with Gasteiger partial charge in [-0.25, -0.2) is 0 Å². The number of thioether (sulfide) groups is 2. The Kier molecular flexibility index (Phi) is 31.8. The Labute approximate surface area is 270 Å². The zero-order valence-corrected chi connectivity index (χ0v) is 30.2. The highest BCUT2D eigenvalue weighted by Gasteiger charge is 2.05. The highest BCUT2D eigenvalue weighted by Crippen LogP contribution is 2.30. The molecule has 1 heterocycles. The molecule has 2 nitrogen and oxygen atoms in total. The zero-order valence-electron chi connectivity index (χ0n) is 27.7. The van der Waals surface area contributed by atoms with E-state index < -0.39 is 0 Å². The van der Waals surface area contributed by atoms with Crippen molar-refractivity contribution in [2.45, 2.75) is 215 Å². The molecule has 0 radical (unpaired) electrons. The van der Waals surface area contributed by atoms with E-state index in [0.29, 0.717) is 0 Å². The van der Waals surface area contributed by atoms with Crippen LogP contribution in [0.4, 0.5) is 0 Å². The van der Waals surface area contributed by atoms with Crippen LogP contribution in [0.2, 0.25) is 0 Å². The quantitative estimate of drug-likeness (QED) is 0.0561. The summed E-state index contributed by atoms with van der Waals surface area (Å²) in [6.45, 7) is 4.60. The smallest absolute Gasteiger partial charge is 0.131 e. The molecule has 1 aromatic rings. The lowest BCUT2D eigenvalue weighted by atomic mass is 10.0. The van der Waals surface area contributed by atoms with Crippen molar-refractivity contribution in [1.82, 2.24) is 10.2 Å². The van der Waals surface area contributed by atoms with E-state index in [1.54, 1.807) is 0 Å². The first-order chi connectivity index (χ1) is 20.4. The van der Waals surface area contributed by atoms with E-state index in [4.69, 9.17) is 0 Å². The minimum Gasteiger partial charge on any atom is -0.131 e. The minimum absolute atomic E-state index is 1.18. The number of rotatable bonds is 34. The minimum atomic E-state index is 1.18. The van der Waals surface area contributed by atoms with Crippen LogP contribution in [0.15, 0.2) is 8.68 Å². The second-order valence-electron chi connectivity index (χ2n) is 12.4. The van der Waals surface area contributed by atoms with Crippen molar-refractivity contribution in [3.05, 3.63) is 0 Å². The molecule has 0 saturated heterocycles. The molecule has 0 aromatic carbocycles. The molecule has 0 spiro atoms. The van der Waals surface area contributed by atoms with Crippen molar-refractivity contribution in [3.8, 4) is 0 Å². The van der Waals surface area contributed by atoms with Gasteiger partial charge in [-0.3, -0.25) is 0 Å². The molecule has 0 amide bonds. The summed E-state index contributed by atoms with van der Waals surface area (Å²) in [7, 11) is 0. The summed E-state index contributed by atoms with van der Waals surface area (Å²) in [5, 5.41) is 8.85. The molecule has 0 aliphatic rings. The van der Waals surface area contributed by atoms with Gasteiger partial charge in [0.2, 0.25) is 0 Å². The number of unbranched alkanes of at least 4 members (excludes halogenated alkanes) is 28. The second kappa shape index (κ2) is 33.2. The molecule has 0 aliphatic heterocycles. The van der Waals surface area contributed by atoms with Crippen molar-refractivity contribution in [2.24, 2.45) is 0 Å². The van der Waals surface area contributed by atoms with E-state index in [9.17, 15) is 0 Å². The fourth-order valence-electron chi connectivity index (χ4n) is 5.58. The summed E-state index contributed by atoms with van der Waals surface area (Å²) in [6.07, 6.45) is 43.0. The zero-order chi connectivity index (χ0) is 29.3. The lowest BCUT2D eigenvalue weighted by Crippen LogP contribution is -1.84. The summed E-state index contributed by atoms with van der Waals surface area (Å²) in [5.41, 5.74) is 0. The third-order valence-corrected chi connectivity index (χ3v) is 11.7. The molecule has 0 unspecified atom stereocenters. The van der Waals surface area contributed by atoms with Crippen molar-refractivity contribution in [1.29, 1.82) is 0 Å². The third-order valence-electron chi connectivity index (χ3n) is 8.33. The Bertz CT molecular complexity index is 571. The van der Waals surface area contributed by atoms with Crippen LogP contribution in [0.1, 0.15) is 206 Å². The van der Waals surface area contributed by atoms with Crippen LogP contribution in [-0.2, 0) is 0 Å². The Morgan fingerprint density at radius 3 is 0.805 bits per heavy atom. The third kappa shape index (κ3) is 28.8. The maximum Gasteiger partial charge on any atom is 0.175 e. The van der Waals surface area contributed by atoms with Gasteiger partial charge in [0.1, 0.15) is 0 Å². The van der Waals surface area contributed by atoms with Crippen molar-refractivity contribution in [3.63, 3.8) is 0 Å². The highest BCUT2D eigenvalue weighted by atomic mass is 32.2. The predicted molar refractivity (Wildman–Crippen MR) is 191 cm³/mol. The molecule has 1 aromatic heterocycles. The maximum atomic E-state index is 4.43. The van der Waals surface area contributed by atoms with Crippen LogP contribution in [0.5, 0.6) is 0 Å². The van der Waals surface area contributed by atoms with Gasteiger partial charge in [0.05, 0.1) is 0 Å². The first kappa shape index (κ1) is 39.3. The molecule has 0 saturated carbocycles. The monoisotopic (exact) mass is 626 g/mol. The van der Waals surface area contributed by atoms with E-state index in [-0.39, 0.29) is 0 Å². The average Bonchev–Trinajstić information content (AvgIpc) is 3.44. The lowest BCUT2D eigenvalue weighted by molar-refractivity contribution is 0.535. The van der Waals surface area contributed by atoms with E-state index in [1.165, 1.54) is 213 Å². The Morgan fingerprint density at radius 2 is 0.561 bits per heavy atom. The van der Waals surface area contributed by atoms with Gasteiger partial charge in [0.15, 0.2) is 8.68 Å². The van der Waals surface area contributed by atoms with Gasteiger partial charge in [-0.05, 0) is 12.8 Å². The van der Waals surface area contributed by atoms with Gasteiger partial charge < -0.3 is 0 Å². The lowest BCUT2D eigenvalue weighted by Gasteiger charge is -2.03. The van der Waals surface area contributed by atoms with Gasteiger partial charge in [-0.2, -0.15) is 0 Å².